The largest absolute Gasteiger partial charge is 0.416 e. The van der Waals surface area contributed by atoms with E-state index in [1.165, 1.54) is 13.0 Å². The van der Waals surface area contributed by atoms with Crippen molar-refractivity contribution in [3.8, 4) is 0 Å². The highest BCUT2D eigenvalue weighted by Gasteiger charge is 2.32. The first-order valence-corrected chi connectivity index (χ1v) is 9.67. The number of hydrogen-bond donors (Lipinski definition) is 2. The van der Waals surface area contributed by atoms with Gasteiger partial charge in [-0.15, -0.1) is 0 Å². The van der Waals surface area contributed by atoms with Crippen molar-refractivity contribution in [3.05, 3.63) is 23.8 Å². The fraction of sp³-hybridized carbons (Fsp3) is 0.579. The Balaban J connectivity index is 1.70. The van der Waals surface area contributed by atoms with Gasteiger partial charge in [0, 0.05) is 20.0 Å². The molecule has 0 spiro atoms. The normalized spacial score (nSPS) is 18.6. The molecule has 0 aromatic heterocycles. The number of anilines is 2. The fourth-order valence-electron chi connectivity index (χ4n) is 3.63. The number of ether oxygens (including phenoxy) is 1. The molecule has 2 fully saturated rings. The van der Waals surface area contributed by atoms with Gasteiger partial charge in [0.25, 0.3) is 5.91 Å². The first-order chi connectivity index (χ1) is 13.7. The number of rotatable bonds is 4. The Kier molecular flexibility index (Phi) is 6.63. The molecule has 3 rings (SSSR count). The first-order valence-electron chi connectivity index (χ1n) is 9.67. The van der Waals surface area contributed by atoms with Crippen LogP contribution in [0.15, 0.2) is 18.2 Å². The molecular weight excluding hydrogens is 389 g/mol. The van der Waals surface area contributed by atoms with Crippen LogP contribution >= 0.6 is 0 Å². The molecule has 2 aliphatic rings. The van der Waals surface area contributed by atoms with E-state index in [2.05, 4.69) is 5.32 Å². The number of benzene rings is 1. The maximum absolute atomic E-state index is 13.2. The van der Waals surface area contributed by atoms with Gasteiger partial charge in [-0.1, -0.05) is 0 Å². The standard InChI is InChI=1S/C19H25F3N4O3/c1-14(27)25-6-4-24(5-7-25)13-18(28)23-16-12-15(19(20,21)22)2-3-17(16)26-8-10-29-11-9-26/h2-3,12H,4-11,13H2,1H3,(H,23,28)/p+1. The van der Waals surface area contributed by atoms with Crippen molar-refractivity contribution in [1.29, 1.82) is 0 Å². The van der Waals surface area contributed by atoms with Crippen LogP contribution in [-0.2, 0) is 20.5 Å². The minimum absolute atomic E-state index is 0.00706. The van der Waals surface area contributed by atoms with Gasteiger partial charge in [0.2, 0.25) is 5.91 Å². The van der Waals surface area contributed by atoms with Crippen molar-refractivity contribution in [2.24, 2.45) is 0 Å². The minimum atomic E-state index is -4.49. The van der Waals surface area contributed by atoms with E-state index in [1.54, 1.807) is 4.90 Å². The number of quaternary nitrogens is 1. The summed E-state index contributed by atoms with van der Waals surface area (Å²) in [6, 6.07) is 3.43. The Bertz CT molecular complexity index is 743. The third-order valence-corrected chi connectivity index (χ3v) is 5.28. The smallest absolute Gasteiger partial charge is 0.378 e. The van der Waals surface area contributed by atoms with Gasteiger partial charge in [-0.3, -0.25) is 9.59 Å². The van der Waals surface area contributed by atoms with Crippen molar-refractivity contribution in [1.82, 2.24) is 4.90 Å². The minimum Gasteiger partial charge on any atom is -0.378 e. The molecule has 0 unspecified atom stereocenters. The molecule has 2 amide bonds. The van der Waals surface area contributed by atoms with Crippen LogP contribution < -0.4 is 15.1 Å². The van der Waals surface area contributed by atoms with Gasteiger partial charge in [-0.05, 0) is 18.2 Å². The van der Waals surface area contributed by atoms with Gasteiger partial charge in [0.15, 0.2) is 6.54 Å². The number of hydrogen-bond acceptors (Lipinski definition) is 4. The SMILES string of the molecule is CC(=O)N1CC[NH+](CC(=O)Nc2cc(C(F)(F)F)ccc2N2CCOCC2)CC1. The summed E-state index contributed by atoms with van der Waals surface area (Å²) in [4.78, 5) is 28.6. The summed E-state index contributed by atoms with van der Waals surface area (Å²) >= 11 is 0. The molecule has 0 aliphatic carbocycles. The van der Waals surface area contributed by atoms with Crippen LogP contribution in [0.4, 0.5) is 24.5 Å². The van der Waals surface area contributed by atoms with E-state index in [1.807, 2.05) is 4.90 Å². The lowest BCUT2D eigenvalue weighted by Gasteiger charge is -2.32. The molecule has 10 heteroatoms. The van der Waals surface area contributed by atoms with Crippen LogP contribution in [0.25, 0.3) is 0 Å². The average Bonchev–Trinajstić information content (AvgIpc) is 2.68. The van der Waals surface area contributed by atoms with Crippen LogP contribution in [0.3, 0.4) is 0 Å². The van der Waals surface area contributed by atoms with Crippen LogP contribution in [-0.4, -0.2) is 75.7 Å². The predicted octanol–water partition coefficient (Wildman–Crippen LogP) is 0.228. The molecule has 0 radical (unpaired) electrons. The van der Waals surface area contributed by atoms with E-state index in [9.17, 15) is 22.8 Å². The van der Waals surface area contributed by atoms with E-state index in [0.29, 0.717) is 58.2 Å². The summed E-state index contributed by atoms with van der Waals surface area (Å²) in [5.74, 6) is -0.335. The van der Waals surface area contributed by atoms with Gasteiger partial charge in [0.1, 0.15) is 0 Å². The second kappa shape index (κ2) is 9.00. The summed E-state index contributed by atoms with van der Waals surface area (Å²) in [5.41, 5.74) is -0.0771. The van der Waals surface area contributed by atoms with Crippen LogP contribution in [0, 0.1) is 0 Å². The summed E-state index contributed by atoms with van der Waals surface area (Å²) in [6.45, 7) is 6.12. The summed E-state index contributed by atoms with van der Waals surface area (Å²) in [5, 5.41) is 2.68. The van der Waals surface area contributed by atoms with E-state index in [4.69, 9.17) is 4.74 Å². The molecule has 2 aliphatic heterocycles. The molecule has 2 saturated heterocycles. The van der Waals surface area contributed by atoms with Gasteiger partial charge in [-0.25, -0.2) is 0 Å². The Hall–Kier alpha value is -2.33. The monoisotopic (exact) mass is 415 g/mol. The molecule has 1 aromatic rings. The van der Waals surface area contributed by atoms with E-state index < -0.39 is 11.7 Å². The Morgan fingerprint density at radius 1 is 1.14 bits per heavy atom. The quantitative estimate of drug-likeness (QED) is 0.739. The second-order valence-corrected chi connectivity index (χ2v) is 7.31. The maximum atomic E-state index is 13.2. The number of carbonyl (C=O) groups excluding carboxylic acids is 2. The zero-order valence-corrected chi connectivity index (χ0v) is 16.3. The number of amides is 2. The van der Waals surface area contributed by atoms with Crippen molar-refractivity contribution in [2.45, 2.75) is 13.1 Å². The summed E-state index contributed by atoms with van der Waals surface area (Å²) in [7, 11) is 0. The number of nitrogens with one attached hydrogen (secondary N) is 2. The number of nitrogens with zero attached hydrogens (tertiary/aromatic N) is 2. The molecule has 0 saturated carbocycles. The van der Waals surface area contributed by atoms with E-state index >= 15 is 0 Å². The topological polar surface area (TPSA) is 66.3 Å². The zero-order valence-electron chi connectivity index (χ0n) is 16.3. The fourth-order valence-corrected chi connectivity index (χ4v) is 3.63. The Labute approximate surface area is 167 Å². The number of carbonyl (C=O) groups is 2. The zero-order chi connectivity index (χ0) is 21.0. The Morgan fingerprint density at radius 3 is 2.38 bits per heavy atom. The first kappa shape index (κ1) is 21.4. The van der Waals surface area contributed by atoms with Crippen molar-refractivity contribution in [2.75, 3.05) is 69.2 Å². The van der Waals surface area contributed by atoms with Crippen LogP contribution in [0.1, 0.15) is 12.5 Å². The van der Waals surface area contributed by atoms with Crippen molar-refractivity contribution < 1.29 is 32.4 Å². The van der Waals surface area contributed by atoms with Gasteiger partial charge < -0.3 is 24.8 Å². The lowest BCUT2D eigenvalue weighted by molar-refractivity contribution is -0.895. The third kappa shape index (κ3) is 5.60. The predicted molar refractivity (Wildman–Crippen MR) is 101 cm³/mol. The molecule has 29 heavy (non-hydrogen) atoms. The number of halogens is 3. The maximum Gasteiger partial charge on any atom is 0.416 e. The third-order valence-electron chi connectivity index (χ3n) is 5.28. The number of piperazine rings is 1. The van der Waals surface area contributed by atoms with Crippen molar-refractivity contribution >= 4 is 23.2 Å². The molecule has 2 heterocycles. The lowest BCUT2D eigenvalue weighted by atomic mass is 10.1. The Morgan fingerprint density at radius 2 is 1.79 bits per heavy atom. The van der Waals surface area contributed by atoms with Gasteiger partial charge >= 0.3 is 6.18 Å². The highest BCUT2D eigenvalue weighted by atomic mass is 19.4. The van der Waals surface area contributed by atoms with Gasteiger partial charge in [-0.2, -0.15) is 13.2 Å². The van der Waals surface area contributed by atoms with E-state index in [-0.39, 0.29) is 24.0 Å². The molecular formula is C19H26F3N4O3+. The highest BCUT2D eigenvalue weighted by molar-refractivity contribution is 5.95. The van der Waals surface area contributed by atoms with Gasteiger partial charge in [0.05, 0.1) is 56.3 Å². The summed E-state index contributed by atoms with van der Waals surface area (Å²) < 4.78 is 44.8. The van der Waals surface area contributed by atoms with Crippen molar-refractivity contribution in [3.63, 3.8) is 0 Å². The molecule has 0 bridgehead atoms. The molecule has 2 N–H and O–H groups in total. The lowest BCUT2D eigenvalue weighted by Crippen LogP contribution is -3.15. The average molecular weight is 415 g/mol. The number of morpholine rings is 1. The highest BCUT2D eigenvalue weighted by Crippen LogP contribution is 2.35. The number of alkyl halides is 3. The molecule has 7 nitrogen and oxygen atoms in total. The molecule has 0 atom stereocenters. The van der Waals surface area contributed by atoms with Crippen LogP contribution in [0.2, 0.25) is 0 Å². The van der Waals surface area contributed by atoms with Crippen LogP contribution in [0.5, 0.6) is 0 Å². The molecule has 160 valence electrons. The summed E-state index contributed by atoms with van der Waals surface area (Å²) in [6.07, 6.45) is -4.49. The van der Waals surface area contributed by atoms with E-state index in [0.717, 1.165) is 17.0 Å². The second-order valence-electron chi connectivity index (χ2n) is 7.31. The molecule has 1 aromatic carbocycles.